The summed E-state index contributed by atoms with van der Waals surface area (Å²) in [5.74, 6) is 2.44. The van der Waals surface area contributed by atoms with Crippen LogP contribution in [0, 0.1) is 5.92 Å². The molecule has 0 amide bonds. The number of hydrogen-bond donors (Lipinski definition) is 0. The van der Waals surface area contributed by atoms with Gasteiger partial charge in [-0.15, -0.1) is 0 Å². The van der Waals surface area contributed by atoms with Gasteiger partial charge in [0.15, 0.2) is 0 Å². The third kappa shape index (κ3) is 2.59. The van der Waals surface area contributed by atoms with E-state index in [0.717, 1.165) is 12.2 Å². The fraction of sp³-hybridized carbons (Fsp3) is 0.333. The second kappa shape index (κ2) is 4.79. The van der Waals surface area contributed by atoms with Gasteiger partial charge in [0.25, 0.3) is 0 Å². The molecule has 1 atom stereocenters. The van der Waals surface area contributed by atoms with Crippen LogP contribution >= 0.6 is 0 Å². The van der Waals surface area contributed by atoms with Gasteiger partial charge >= 0.3 is 0 Å². The van der Waals surface area contributed by atoms with Crippen LogP contribution in [0.5, 0.6) is 11.8 Å². The van der Waals surface area contributed by atoms with Crippen LogP contribution < -0.4 is 9.47 Å². The minimum absolute atomic E-state index is 0.503. The summed E-state index contributed by atoms with van der Waals surface area (Å²) in [6.45, 7) is 2.15. The quantitative estimate of drug-likeness (QED) is 0.781. The lowest BCUT2D eigenvalue weighted by Crippen LogP contribution is -2.04. The molecule has 2 rings (SSSR count). The number of allylic oxidation sites excluding steroid dienone is 4. The van der Waals surface area contributed by atoms with E-state index in [0.29, 0.717) is 17.7 Å². The van der Waals surface area contributed by atoms with E-state index in [-0.39, 0.29) is 0 Å². The van der Waals surface area contributed by atoms with E-state index >= 15 is 0 Å². The largest absolute Gasteiger partial charge is 0.481 e. The van der Waals surface area contributed by atoms with Crippen molar-refractivity contribution in [3.05, 3.63) is 36.4 Å². The average Bonchev–Trinajstić information content (AvgIpc) is 2.29. The van der Waals surface area contributed by atoms with Gasteiger partial charge in [0.05, 0.1) is 13.2 Å². The van der Waals surface area contributed by atoms with Crippen molar-refractivity contribution in [2.75, 3.05) is 7.11 Å². The van der Waals surface area contributed by atoms with Crippen LogP contribution in [0.1, 0.15) is 13.3 Å². The van der Waals surface area contributed by atoms with E-state index in [9.17, 15) is 0 Å². The number of rotatable bonds is 3. The van der Waals surface area contributed by atoms with E-state index in [4.69, 9.17) is 9.47 Å². The van der Waals surface area contributed by atoms with Crippen molar-refractivity contribution in [2.24, 2.45) is 5.92 Å². The molecular weight excluding hydrogens is 204 g/mol. The summed E-state index contributed by atoms with van der Waals surface area (Å²) < 4.78 is 10.6. The predicted octanol–water partition coefficient (Wildman–Crippen LogP) is 2.34. The number of methoxy groups -OCH3 is 1. The van der Waals surface area contributed by atoms with Gasteiger partial charge in [-0.2, -0.15) is 0 Å². The van der Waals surface area contributed by atoms with Gasteiger partial charge in [0.1, 0.15) is 12.1 Å². The van der Waals surface area contributed by atoms with Gasteiger partial charge in [0.2, 0.25) is 11.8 Å². The fourth-order valence-electron chi connectivity index (χ4n) is 1.51. The first-order valence-electron chi connectivity index (χ1n) is 5.19. The lowest BCUT2D eigenvalue weighted by atomic mass is 10.0. The highest BCUT2D eigenvalue weighted by Gasteiger charge is 2.09. The monoisotopic (exact) mass is 218 g/mol. The highest BCUT2D eigenvalue weighted by Crippen LogP contribution is 2.22. The van der Waals surface area contributed by atoms with Crippen LogP contribution in [0.2, 0.25) is 0 Å². The molecule has 0 spiro atoms. The van der Waals surface area contributed by atoms with Crippen LogP contribution in [0.3, 0.4) is 0 Å². The lowest BCUT2D eigenvalue weighted by Gasteiger charge is -2.14. The maximum atomic E-state index is 5.65. The maximum Gasteiger partial charge on any atom is 0.225 e. The first-order valence-corrected chi connectivity index (χ1v) is 5.19. The summed E-state index contributed by atoms with van der Waals surface area (Å²) in [6, 6.07) is 1.67. The normalized spacial score (nSPS) is 19.1. The highest BCUT2D eigenvalue weighted by molar-refractivity contribution is 5.23. The Morgan fingerprint density at radius 3 is 2.88 bits per heavy atom. The molecule has 4 nitrogen and oxygen atoms in total. The summed E-state index contributed by atoms with van der Waals surface area (Å²) in [4.78, 5) is 7.95. The van der Waals surface area contributed by atoms with Crippen molar-refractivity contribution in [3.63, 3.8) is 0 Å². The average molecular weight is 218 g/mol. The molecule has 0 saturated carbocycles. The summed E-state index contributed by atoms with van der Waals surface area (Å²) >= 11 is 0. The molecule has 1 aliphatic rings. The molecule has 0 saturated heterocycles. The minimum Gasteiger partial charge on any atom is -0.481 e. The molecule has 0 radical (unpaired) electrons. The van der Waals surface area contributed by atoms with Crippen LogP contribution in [0.4, 0.5) is 0 Å². The Labute approximate surface area is 94.6 Å². The fourth-order valence-corrected chi connectivity index (χ4v) is 1.51. The Balaban J connectivity index is 2.09. The molecule has 0 fully saturated rings. The van der Waals surface area contributed by atoms with Gasteiger partial charge in [-0.3, -0.25) is 0 Å². The molecule has 1 aromatic heterocycles. The van der Waals surface area contributed by atoms with Crippen LogP contribution in [0.25, 0.3) is 0 Å². The Kier molecular flexibility index (Phi) is 3.19. The standard InChI is InChI=1S/C12H14N2O2/c1-9-4-3-5-10(6-9)16-12-7-11(15-2)13-8-14-12/h3-5,7-9H,6H2,1-2H3. The van der Waals surface area contributed by atoms with E-state index in [1.807, 2.05) is 12.2 Å². The molecule has 0 aliphatic heterocycles. The third-order valence-electron chi connectivity index (χ3n) is 2.31. The van der Waals surface area contributed by atoms with Crippen LogP contribution in [-0.2, 0) is 0 Å². The van der Waals surface area contributed by atoms with Gasteiger partial charge in [-0.1, -0.05) is 19.1 Å². The number of ether oxygens (including phenoxy) is 2. The zero-order valence-electron chi connectivity index (χ0n) is 9.38. The second-order valence-corrected chi connectivity index (χ2v) is 3.70. The van der Waals surface area contributed by atoms with E-state index in [1.54, 1.807) is 13.2 Å². The molecule has 84 valence electrons. The van der Waals surface area contributed by atoms with Crippen molar-refractivity contribution in [1.82, 2.24) is 9.97 Å². The van der Waals surface area contributed by atoms with E-state index < -0.39 is 0 Å². The summed E-state index contributed by atoms with van der Waals surface area (Å²) in [5, 5.41) is 0. The first-order chi connectivity index (χ1) is 7.78. The summed E-state index contributed by atoms with van der Waals surface area (Å²) in [6.07, 6.45) is 8.42. The molecule has 0 N–H and O–H groups in total. The number of nitrogens with zero attached hydrogens (tertiary/aromatic N) is 2. The number of hydrogen-bond acceptors (Lipinski definition) is 4. The van der Waals surface area contributed by atoms with Crippen LogP contribution in [-0.4, -0.2) is 17.1 Å². The molecule has 1 unspecified atom stereocenters. The molecule has 4 heteroatoms. The molecule has 16 heavy (non-hydrogen) atoms. The van der Waals surface area contributed by atoms with Crippen molar-refractivity contribution >= 4 is 0 Å². The van der Waals surface area contributed by atoms with Crippen molar-refractivity contribution in [1.29, 1.82) is 0 Å². The van der Waals surface area contributed by atoms with Crippen LogP contribution in [0.15, 0.2) is 36.4 Å². The zero-order valence-corrected chi connectivity index (χ0v) is 9.38. The van der Waals surface area contributed by atoms with Crippen molar-refractivity contribution in [3.8, 4) is 11.8 Å². The van der Waals surface area contributed by atoms with Gasteiger partial charge < -0.3 is 9.47 Å². The zero-order chi connectivity index (χ0) is 11.4. The smallest absolute Gasteiger partial charge is 0.225 e. The topological polar surface area (TPSA) is 44.2 Å². The highest BCUT2D eigenvalue weighted by atomic mass is 16.5. The molecule has 1 aliphatic carbocycles. The SMILES string of the molecule is COc1cc(OC2=CC=CC(C)C2)ncn1. The molecular formula is C12H14N2O2. The second-order valence-electron chi connectivity index (χ2n) is 3.70. The van der Waals surface area contributed by atoms with Crippen molar-refractivity contribution < 1.29 is 9.47 Å². The first kappa shape index (κ1) is 10.7. The Morgan fingerprint density at radius 1 is 1.31 bits per heavy atom. The summed E-state index contributed by atoms with van der Waals surface area (Å²) in [7, 11) is 1.57. The lowest BCUT2D eigenvalue weighted by molar-refractivity contribution is 0.358. The maximum absolute atomic E-state index is 5.65. The minimum atomic E-state index is 0.503. The van der Waals surface area contributed by atoms with Gasteiger partial charge in [-0.05, 0) is 12.0 Å². The Bertz CT molecular complexity index is 427. The Hall–Kier alpha value is -1.84. The van der Waals surface area contributed by atoms with Crippen molar-refractivity contribution in [2.45, 2.75) is 13.3 Å². The van der Waals surface area contributed by atoms with E-state index in [1.165, 1.54) is 6.33 Å². The molecule has 0 bridgehead atoms. The third-order valence-corrected chi connectivity index (χ3v) is 2.31. The Morgan fingerprint density at radius 2 is 2.12 bits per heavy atom. The van der Waals surface area contributed by atoms with Gasteiger partial charge in [0, 0.05) is 6.42 Å². The number of aromatic nitrogens is 2. The predicted molar refractivity (Wildman–Crippen MR) is 60.2 cm³/mol. The van der Waals surface area contributed by atoms with E-state index in [2.05, 4.69) is 23.0 Å². The molecule has 1 aromatic rings. The van der Waals surface area contributed by atoms with Gasteiger partial charge in [-0.25, -0.2) is 9.97 Å². The summed E-state index contributed by atoms with van der Waals surface area (Å²) in [5.41, 5.74) is 0. The molecule has 0 aromatic carbocycles. The molecule has 1 heterocycles.